The minimum atomic E-state index is -0.363. The van der Waals surface area contributed by atoms with E-state index in [4.69, 9.17) is 4.74 Å². The van der Waals surface area contributed by atoms with Gasteiger partial charge in [-0.3, -0.25) is 4.90 Å². The molecule has 1 saturated carbocycles. The quantitative estimate of drug-likeness (QED) is 0.865. The van der Waals surface area contributed by atoms with E-state index >= 15 is 0 Å². The predicted octanol–water partition coefficient (Wildman–Crippen LogP) is 2.91. The molecular weight excluding hydrogens is 270 g/mol. The van der Waals surface area contributed by atoms with Crippen molar-refractivity contribution in [3.05, 3.63) is 0 Å². The van der Waals surface area contributed by atoms with Crippen molar-refractivity contribution in [3.8, 4) is 0 Å². The van der Waals surface area contributed by atoms with E-state index in [0.29, 0.717) is 11.4 Å². The van der Waals surface area contributed by atoms with Crippen LogP contribution in [0.3, 0.4) is 0 Å². The molecule has 1 N–H and O–H groups in total. The summed E-state index contributed by atoms with van der Waals surface area (Å²) in [5, 5.41) is 10.2. The molecule has 0 amide bonds. The Labute approximate surface area is 128 Å². The van der Waals surface area contributed by atoms with Gasteiger partial charge in [0.15, 0.2) is 0 Å². The fourth-order valence-corrected chi connectivity index (χ4v) is 4.91. The van der Waals surface area contributed by atoms with E-state index in [2.05, 4.69) is 16.7 Å². The lowest BCUT2D eigenvalue weighted by molar-refractivity contribution is -0.0566. The van der Waals surface area contributed by atoms with Crippen molar-refractivity contribution < 1.29 is 9.84 Å². The van der Waals surface area contributed by atoms with Gasteiger partial charge in [0.05, 0.1) is 18.3 Å². The predicted molar refractivity (Wildman–Crippen MR) is 86.4 cm³/mol. The van der Waals surface area contributed by atoms with Gasteiger partial charge in [-0.1, -0.05) is 19.3 Å². The van der Waals surface area contributed by atoms with Gasteiger partial charge < -0.3 is 9.84 Å². The minimum absolute atomic E-state index is 0.163. The number of nitrogens with zero attached hydrogens (tertiary/aromatic N) is 1. The van der Waals surface area contributed by atoms with Crippen LogP contribution in [0, 0.1) is 0 Å². The van der Waals surface area contributed by atoms with Crippen LogP contribution in [0.15, 0.2) is 0 Å². The van der Waals surface area contributed by atoms with E-state index in [1.807, 2.05) is 20.8 Å². The highest BCUT2D eigenvalue weighted by atomic mass is 32.2. The largest absolute Gasteiger partial charge is 0.389 e. The van der Waals surface area contributed by atoms with Crippen molar-refractivity contribution in [2.75, 3.05) is 32.0 Å². The molecule has 3 nitrogen and oxygen atoms in total. The average Bonchev–Trinajstić information content (AvgIpc) is 2.37. The maximum atomic E-state index is 10.2. The van der Waals surface area contributed by atoms with Gasteiger partial charge in [-0.25, -0.2) is 0 Å². The van der Waals surface area contributed by atoms with Gasteiger partial charge in [-0.15, -0.1) is 0 Å². The Morgan fingerprint density at radius 2 is 1.95 bits per heavy atom. The van der Waals surface area contributed by atoms with Crippen LogP contribution < -0.4 is 0 Å². The molecular formula is C16H31NO2S. The van der Waals surface area contributed by atoms with E-state index in [-0.39, 0.29) is 11.7 Å². The van der Waals surface area contributed by atoms with Gasteiger partial charge in [0.25, 0.3) is 0 Å². The normalized spacial score (nSPS) is 25.8. The number of aliphatic hydroxyl groups excluding tert-OH is 1. The number of rotatable bonds is 4. The summed E-state index contributed by atoms with van der Waals surface area (Å²) in [5.74, 6) is 1.22. The Hall–Kier alpha value is 0.230. The van der Waals surface area contributed by atoms with Crippen LogP contribution in [-0.4, -0.2) is 58.5 Å². The van der Waals surface area contributed by atoms with Crippen LogP contribution in [0.5, 0.6) is 0 Å². The summed E-state index contributed by atoms with van der Waals surface area (Å²) in [6.07, 6.45) is 6.54. The molecule has 1 aliphatic carbocycles. The van der Waals surface area contributed by atoms with Gasteiger partial charge >= 0.3 is 0 Å². The van der Waals surface area contributed by atoms with Crippen LogP contribution in [0.1, 0.15) is 52.9 Å². The second kappa shape index (κ2) is 6.99. The van der Waals surface area contributed by atoms with Crippen molar-refractivity contribution in [1.29, 1.82) is 0 Å². The van der Waals surface area contributed by atoms with Gasteiger partial charge in [0, 0.05) is 30.1 Å². The molecule has 1 spiro atoms. The molecule has 0 radical (unpaired) electrons. The van der Waals surface area contributed by atoms with Gasteiger partial charge in [0.1, 0.15) is 0 Å². The summed E-state index contributed by atoms with van der Waals surface area (Å²) >= 11 is 2.18. The smallest absolute Gasteiger partial charge is 0.0900 e. The molecule has 20 heavy (non-hydrogen) atoms. The highest BCUT2D eigenvalue weighted by Gasteiger charge is 2.37. The molecule has 2 rings (SSSR count). The molecule has 1 aliphatic heterocycles. The molecule has 1 saturated heterocycles. The lowest BCUT2D eigenvalue weighted by atomic mass is 9.87. The zero-order chi connectivity index (χ0) is 14.6. The SMILES string of the molecule is CC(C)(C)OCC(O)CN1CCSC2(CCCCC2)C1. The van der Waals surface area contributed by atoms with Crippen LogP contribution in [0.2, 0.25) is 0 Å². The molecule has 4 heteroatoms. The highest BCUT2D eigenvalue weighted by Crippen LogP contribution is 2.42. The second-order valence-corrected chi connectivity index (χ2v) is 8.97. The zero-order valence-electron chi connectivity index (χ0n) is 13.4. The fraction of sp³-hybridized carbons (Fsp3) is 1.00. The van der Waals surface area contributed by atoms with Crippen molar-refractivity contribution in [2.24, 2.45) is 0 Å². The standard InChI is InChI=1S/C16H31NO2S/c1-15(2,3)19-12-14(18)11-17-9-10-20-16(13-17)7-5-4-6-8-16/h14,18H,4-13H2,1-3H3. The molecule has 0 aromatic carbocycles. The molecule has 2 aliphatic rings. The van der Waals surface area contributed by atoms with Crippen molar-refractivity contribution >= 4 is 11.8 Å². The maximum Gasteiger partial charge on any atom is 0.0900 e. The summed E-state index contributed by atoms with van der Waals surface area (Å²) in [7, 11) is 0. The van der Waals surface area contributed by atoms with E-state index in [1.54, 1.807) is 0 Å². The number of ether oxygens (including phenoxy) is 1. The second-order valence-electron chi connectivity index (χ2n) is 7.40. The maximum absolute atomic E-state index is 10.2. The topological polar surface area (TPSA) is 32.7 Å². The lowest BCUT2D eigenvalue weighted by Gasteiger charge is -2.45. The Morgan fingerprint density at radius 1 is 1.25 bits per heavy atom. The van der Waals surface area contributed by atoms with Gasteiger partial charge in [-0.05, 0) is 33.6 Å². The average molecular weight is 301 g/mol. The van der Waals surface area contributed by atoms with Crippen LogP contribution in [0.25, 0.3) is 0 Å². The lowest BCUT2D eigenvalue weighted by Crippen LogP contribution is -2.50. The van der Waals surface area contributed by atoms with E-state index in [0.717, 1.165) is 19.6 Å². The fourth-order valence-electron chi connectivity index (χ4n) is 3.27. The number of hydrogen-bond donors (Lipinski definition) is 1. The van der Waals surface area contributed by atoms with Gasteiger partial charge in [-0.2, -0.15) is 11.8 Å². The Balaban J connectivity index is 1.77. The van der Waals surface area contributed by atoms with Crippen LogP contribution in [0.4, 0.5) is 0 Å². The first-order valence-electron chi connectivity index (χ1n) is 8.07. The van der Waals surface area contributed by atoms with E-state index < -0.39 is 0 Å². The van der Waals surface area contributed by atoms with Crippen molar-refractivity contribution in [1.82, 2.24) is 4.90 Å². The molecule has 1 heterocycles. The third kappa shape index (κ3) is 5.21. The van der Waals surface area contributed by atoms with E-state index in [1.165, 1.54) is 37.9 Å². The Morgan fingerprint density at radius 3 is 2.60 bits per heavy atom. The number of β-amino-alcohol motifs (C(OH)–C–C–N with tert-alkyl or cyclic N) is 1. The zero-order valence-corrected chi connectivity index (χ0v) is 14.2. The van der Waals surface area contributed by atoms with Gasteiger partial charge in [0.2, 0.25) is 0 Å². The number of hydrogen-bond acceptors (Lipinski definition) is 4. The summed E-state index contributed by atoms with van der Waals surface area (Å²) in [4.78, 5) is 2.46. The minimum Gasteiger partial charge on any atom is -0.389 e. The molecule has 0 bridgehead atoms. The third-order valence-corrected chi connectivity index (χ3v) is 5.81. The van der Waals surface area contributed by atoms with Crippen LogP contribution in [-0.2, 0) is 4.74 Å². The molecule has 0 aromatic rings. The molecule has 1 atom stereocenters. The molecule has 118 valence electrons. The summed E-state index contributed by atoms with van der Waals surface area (Å²) < 4.78 is 6.17. The summed E-state index contributed by atoms with van der Waals surface area (Å²) in [6, 6.07) is 0. The first-order chi connectivity index (χ1) is 9.39. The third-order valence-electron chi connectivity index (χ3n) is 4.27. The number of thioether (sulfide) groups is 1. The Bertz CT molecular complexity index is 292. The molecule has 2 fully saturated rings. The molecule has 1 unspecified atom stereocenters. The van der Waals surface area contributed by atoms with Crippen molar-refractivity contribution in [3.63, 3.8) is 0 Å². The summed E-state index contributed by atoms with van der Waals surface area (Å²) in [6.45, 7) is 9.58. The highest BCUT2D eigenvalue weighted by molar-refractivity contribution is 8.00. The summed E-state index contributed by atoms with van der Waals surface area (Å²) in [5.41, 5.74) is -0.163. The van der Waals surface area contributed by atoms with E-state index in [9.17, 15) is 5.11 Å². The van der Waals surface area contributed by atoms with Crippen LogP contribution >= 0.6 is 11.8 Å². The monoisotopic (exact) mass is 301 g/mol. The first-order valence-corrected chi connectivity index (χ1v) is 9.06. The molecule has 0 aromatic heterocycles. The Kier molecular flexibility index (Phi) is 5.80. The number of aliphatic hydroxyl groups is 1. The van der Waals surface area contributed by atoms with Crippen molar-refractivity contribution in [2.45, 2.75) is 69.3 Å². The first kappa shape index (κ1) is 16.6.